The first-order valence-corrected chi connectivity index (χ1v) is 5.65. The molecule has 0 aromatic rings. The van der Waals surface area contributed by atoms with Crippen molar-refractivity contribution in [2.45, 2.75) is 19.3 Å². The summed E-state index contributed by atoms with van der Waals surface area (Å²) in [5, 5.41) is 16.9. The van der Waals surface area contributed by atoms with Crippen LogP contribution in [0.2, 0.25) is 0 Å². The van der Waals surface area contributed by atoms with E-state index in [9.17, 15) is 18.0 Å². The van der Waals surface area contributed by atoms with Crippen molar-refractivity contribution in [3.8, 4) is 0 Å². The molecule has 0 rings (SSSR count). The fourth-order valence-electron chi connectivity index (χ4n) is 0.946. The molecule has 0 aromatic carbocycles. The van der Waals surface area contributed by atoms with E-state index in [1.54, 1.807) is 0 Å². The van der Waals surface area contributed by atoms with Gasteiger partial charge in [-0.15, -0.1) is 0 Å². The van der Waals surface area contributed by atoms with Crippen molar-refractivity contribution in [3.63, 3.8) is 0 Å². The van der Waals surface area contributed by atoms with Crippen LogP contribution in [0.1, 0.15) is 19.3 Å². The summed E-state index contributed by atoms with van der Waals surface area (Å²) in [6.45, 7) is -0.714. The fraction of sp³-hybridized carbons (Fsp3) is 0.714. The lowest BCUT2D eigenvalue weighted by Crippen LogP contribution is -2.22. The zero-order valence-electron chi connectivity index (χ0n) is 8.20. The predicted molar refractivity (Wildman–Crippen MR) is 50.1 cm³/mol. The second-order valence-electron chi connectivity index (χ2n) is 3.03. The van der Waals surface area contributed by atoms with Crippen LogP contribution in [-0.4, -0.2) is 41.7 Å². The van der Waals surface area contributed by atoms with Gasteiger partial charge in [-0.25, -0.2) is 4.18 Å². The summed E-state index contributed by atoms with van der Waals surface area (Å²) in [5.74, 6) is -3.55. The van der Waals surface area contributed by atoms with Gasteiger partial charge in [-0.2, -0.15) is 8.42 Å². The highest BCUT2D eigenvalue weighted by atomic mass is 32.3. The standard InChI is InChI=1S/C7H12O8S/c8-6(9)3-1-2-5(7(10)11)4-15-16(12,13)14/h5H,1-4H2,(H,8,9)(H,10,11)(H,12,13,14)/t5-/m0/s1. The van der Waals surface area contributed by atoms with Gasteiger partial charge in [-0.3, -0.25) is 14.1 Å². The van der Waals surface area contributed by atoms with Gasteiger partial charge in [-0.1, -0.05) is 0 Å². The maximum absolute atomic E-state index is 10.6. The molecule has 0 bridgehead atoms. The molecule has 3 N–H and O–H groups in total. The normalized spacial score (nSPS) is 13.3. The number of rotatable bonds is 8. The van der Waals surface area contributed by atoms with Gasteiger partial charge in [0.15, 0.2) is 0 Å². The Labute approximate surface area is 91.8 Å². The molecule has 94 valence electrons. The van der Waals surface area contributed by atoms with E-state index >= 15 is 0 Å². The average Bonchev–Trinajstić information content (AvgIpc) is 2.07. The molecular formula is C7H12O8S. The van der Waals surface area contributed by atoms with Gasteiger partial charge >= 0.3 is 22.3 Å². The Balaban J connectivity index is 4.09. The fourth-order valence-corrected chi connectivity index (χ4v) is 1.28. The van der Waals surface area contributed by atoms with Crippen LogP contribution in [0.25, 0.3) is 0 Å². The molecule has 0 saturated carbocycles. The van der Waals surface area contributed by atoms with Gasteiger partial charge in [0.1, 0.15) is 0 Å². The second kappa shape index (κ2) is 6.40. The molecular weight excluding hydrogens is 244 g/mol. The predicted octanol–water partition coefficient (Wildman–Crippen LogP) is -0.238. The molecule has 0 heterocycles. The summed E-state index contributed by atoms with van der Waals surface area (Å²) in [5.41, 5.74) is 0. The van der Waals surface area contributed by atoms with Gasteiger partial charge in [0, 0.05) is 6.42 Å². The molecule has 9 heteroatoms. The third-order valence-corrected chi connectivity index (χ3v) is 2.14. The third-order valence-electron chi connectivity index (χ3n) is 1.71. The molecule has 0 aromatic heterocycles. The minimum Gasteiger partial charge on any atom is -0.481 e. The Morgan fingerprint density at radius 3 is 2.19 bits per heavy atom. The third kappa shape index (κ3) is 8.15. The van der Waals surface area contributed by atoms with Gasteiger partial charge < -0.3 is 10.2 Å². The second-order valence-corrected chi connectivity index (χ2v) is 4.12. The zero-order valence-corrected chi connectivity index (χ0v) is 9.01. The van der Waals surface area contributed by atoms with Gasteiger partial charge in [0.05, 0.1) is 12.5 Å². The molecule has 1 atom stereocenters. The number of aliphatic carboxylic acids is 2. The molecule has 0 aliphatic carbocycles. The van der Waals surface area contributed by atoms with Crippen LogP contribution in [-0.2, 0) is 24.2 Å². The summed E-state index contributed by atoms with van der Waals surface area (Å²) in [4.78, 5) is 20.7. The van der Waals surface area contributed by atoms with E-state index in [1.807, 2.05) is 0 Å². The Morgan fingerprint density at radius 2 is 1.81 bits per heavy atom. The summed E-state index contributed by atoms with van der Waals surface area (Å²) >= 11 is 0. The molecule has 0 spiro atoms. The lowest BCUT2D eigenvalue weighted by atomic mass is 10.0. The van der Waals surface area contributed by atoms with Gasteiger partial charge in [0.25, 0.3) is 0 Å². The van der Waals surface area contributed by atoms with E-state index in [0.29, 0.717) is 0 Å². The van der Waals surface area contributed by atoms with E-state index in [0.717, 1.165) is 0 Å². The van der Waals surface area contributed by atoms with Crippen molar-refractivity contribution in [1.82, 2.24) is 0 Å². The van der Waals surface area contributed by atoms with Gasteiger partial charge in [-0.05, 0) is 12.8 Å². The SMILES string of the molecule is O=C(O)CCC[C@@H](COS(=O)(=O)O)C(=O)O. The zero-order chi connectivity index (χ0) is 12.8. The monoisotopic (exact) mass is 256 g/mol. The molecule has 0 aliphatic heterocycles. The van der Waals surface area contributed by atoms with E-state index in [2.05, 4.69) is 4.18 Å². The lowest BCUT2D eigenvalue weighted by molar-refractivity contribution is -0.144. The Bertz CT molecular complexity index is 345. The van der Waals surface area contributed by atoms with Crippen LogP contribution in [0.4, 0.5) is 0 Å². The average molecular weight is 256 g/mol. The first kappa shape index (κ1) is 14.8. The highest BCUT2D eigenvalue weighted by Crippen LogP contribution is 2.10. The highest BCUT2D eigenvalue weighted by molar-refractivity contribution is 7.80. The van der Waals surface area contributed by atoms with Crippen LogP contribution < -0.4 is 0 Å². The molecule has 0 unspecified atom stereocenters. The topological polar surface area (TPSA) is 138 Å². The van der Waals surface area contributed by atoms with Crippen molar-refractivity contribution in [2.75, 3.05) is 6.61 Å². The van der Waals surface area contributed by atoms with Crippen LogP contribution in [0.3, 0.4) is 0 Å². The summed E-state index contributed by atoms with van der Waals surface area (Å²) in [6, 6.07) is 0. The van der Waals surface area contributed by atoms with Gasteiger partial charge in [0.2, 0.25) is 0 Å². The first-order chi connectivity index (χ1) is 7.22. The van der Waals surface area contributed by atoms with E-state index in [1.165, 1.54) is 0 Å². The Kier molecular flexibility index (Phi) is 5.93. The molecule has 0 saturated heterocycles. The maximum atomic E-state index is 10.6. The van der Waals surface area contributed by atoms with E-state index in [-0.39, 0.29) is 19.3 Å². The van der Waals surface area contributed by atoms with E-state index < -0.39 is 34.9 Å². The molecule has 0 radical (unpaired) electrons. The first-order valence-electron chi connectivity index (χ1n) is 4.29. The van der Waals surface area contributed by atoms with Crippen molar-refractivity contribution in [1.29, 1.82) is 0 Å². The van der Waals surface area contributed by atoms with Crippen LogP contribution in [0, 0.1) is 5.92 Å². The Morgan fingerprint density at radius 1 is 1.25 bits per heavy atom. The molecule has 0 aliphatic rings. The number of carboxylic acids is 2. The van der Waals surface area contributed by atoms with Crippen LogP contribution in [0.15, 0.2) is 0 Å². The van der Waals surface area contributed by atoms with Crippen LogP contribution >= 0.6 is 0 Å². The quantitative estimate of drug-likeness (QED) is 0.506. The maximum Gasteiger partial charge on any atom is 0.397 e. The smallest absolute Gasteiger partial charge is 0.397 e. The highest BCUT2D eigenvalue weighted by Gasteiger charge is 2.20. The largest absolute Gasteiger partial charge is 0.481 e. The number of carboxylic acid groups (broad SMARTS) is 2. The minimum atomic E-state index is -4.67. The molecule has 0 fully saturated rings. The molecule has 8 nitrogen and oxygen atoms in total. The summed E-state index contributed by atoms with van der Waals surface area (Å²) in [6.07, 6.45) is -0.173. The van der Waals surface area contributed by atoms with E-state index in [4.69, 9.17) is 14.8 Å². The summed E-state index contributed by atoms with van der Waals surface area (Å²) in [7, 11) is -4.67. The number of hydrogen-bond acceptors (Lipinski definition) is 5. The lowest BCUT2D eigenvalue weighted by Gasteiger charge is -2.09. The Hall–Kier alpha value is -1.19. The molecule has 0 amide bonds. The number of carbonyl (C=O) groups is 2. The number of hydrogen-bond donors (Lipinski definition) is 3. The minimum absolute atomic E-state index is 0.0445. The molecule has 16 heavy (non-hydrogen) atoms. The van der Waals surface area contributed by atoms with Crippen LogP contribution in [0.5, 0.6) is 0 Å². The van der Waals surface area contributed by atoms with Crippen molar-refractivity contribution in [3.05, 3.63) is 0 Å². The van der Waals surface area contributed by atoms with Crippen molar-refractivity contribution in [2.24, 2.45) is 5.92 Å². The van der Waals surface area contributed by atoms with Crippen molar-refractivity contribution >= 4 is 22.3 Å². The van der Waals surface area contributed by atoms with Crippen molar-refractivity contribution < 1.29 is 37.0 Å². The summed E-state index contributed by atoms with van der Waals surface area (Å²) < 4.78 is 32.5.